The Morgan fingerprint density at radius 3 is 2.51 bits per heavy atom. The van der Waals surface area contributed by atoms with E-state index < -0.39 is 0 Å². The van der Waals surface area contributed by atoms with Crippen molar-refractivity contribution in [3.63, 3.8) is 0 Å². The highest BCUT2D eigenvalue weighted by Crippen LogP contribution is 2.30. The lowest BCUT2D eigenvalue weighted by atomic mass is 9.86. The number of carbonyl (C=O) groups excluding carboxylic acids is 1. The molecular weight excluding hydrogens is 440 g/mol. The van der Waals surface area contributed by atoms with E-state index in [-0.39, 0.29) is 12.3 Å². The number of anilines is 2. The third-order valence-corrected chi connectivity index (χ3v) is 6.80. The molecule has 1 amide bonds. The zero-order valence-electron chi connectivity index (χ0n) is 21.1. The molecule has 2 N–H and O–H groups in total. The summed E-state index contributed by atoms with van der Waals surface area (Å²) in [6.45, 7) is 0.705. The first-order valence-corrected chi connectivity index (χ1v) is 12.3. The number of fused-ring (bicyclic) bond motifs is 1. The topological polar surface area (TPSA) is 75.7 Å². The Bertz CT molecular complexity index is 1160. The van der Waals surface area contributed by atoms with Crippen molar-refractivity contribution < 1.29 is 14.3 Å². The summed E-state index contributed by atoms with van der Waals surface area (Å²) in [6, 6.07) is 16.3. The Kier molecular flexibility index (Phi) is 7.95. The zero-order valence-corrected chi connectivity index (χ0v) is 21.1. The van der Waals surface area contributed by atoms with Crippen LogP contribution in [-0.4, -0.2) is 51.8 Å². The van der Waals surface area contributed by atoms with Crippen LogP contribution in [0.2, 0.25) is 0 Å². The van der Waals surface area contributed by atoms with Crippen LogP contribution in [0.4, 0.5) is 11.5 Å². The number of nitrogens with zero attached hydrogens (tertiary/aromatic N) is 2. The number of amides is 1. The normalized spacial score (nSPS) is 17.6. The second-order valence-electron chi connectivity index (χ2n) is 9.46. The summed E-state index contributed by atoms with van der Waals surface area (Å²) in [5.74, 6) is 2.85. The van der Waals surface area contributed by atoms with E-state index in [0.717, 1.165) is 53.7 Å². The average Bonchev–Trinajstić information content (AvgIpc) is 2.87. The molecule has 1 fully saturated rings. The van der Waals surface area contributed by atoms with Crippen molar-refractivity contribution in [1.82, 2.24) is 10.3 Å². The first-order chi connectivity index (χ1) is 17.0. The number of pyridine rings is 1. The van der Waals surface area contributed by atoms with Gasteiger partial charge < -0.3 is 25.0 Å². The molecule has 35 heavy (non-hydrogen) atoms. The maximum absolute atomic E-state index is 12.6. The van der Waals surface area contributed by atoms with Gasteiger partial charge in [-0.2, -0.15) is 0 Å². The van der Waals surface area contributed by atoms with Crippen LogP contribution >= 0.6 is 0 Å². The highest BCUT2D eigenvalue weighted by Gasteiger charge is 2.22. The van der Waals surface area contributed by atoms with Crippen LogP contribution in [0, 0.1) is 5.92 Å². The largest absolute Gasteiger partial charge is 0.497 e. The van der Waals surface area contributed by atoms with Crippen LogP contribution in [0.1, 0.15) is 31.2 Å². The minimum absolute atomic E-state index is 0.00776. The minimum atomic E-state index is 0.00776. The molecule has 0 aliphatic heterocycles. The number of benzene rings is 2. The Labute approximate surface area is 207 Å². The van der Waals surface area contributed by atoms with E-state index in [9.17, 15) is 4.79 Å². The van der Waals surface area contributed by atoms with E-state index in [0.29, 0.717) is 24.3 Å². The van der Waals surface area contributed by atoms with Gasteiger partial charge in [-0.15, -0.1) is 0 Å². The van der Waals surface area contributed by atoms with Crippen molar-refractivity contribution in [3.8, 4) is 11.5 Å². The van der Waals surface area contributed by atoms with Gasteiger partial charge in [-0.1, -0.05) is 18.2 Å². The van der Waals surface area contributed by atoms with Crippen molar-refractivity contribution in [1.29, 1.82) is 0 Å². The summed E-state index contributed by atoms with van der Waals surface area (Å²) in [4.78, 5) is 19.6. The van der Waals surface area contributed by atoms with Gasteiger partial charge >= 0.3 is 0 Å². The predicted octanol–water partition coefficient (Wildman–Crippen LogP) is 4.65. The number of aromatic nitrogens is 1. The number of hydrogen-bond acceptors (Lipinski definition) is 6. The maximum atomic E-state index is 12.6. The summed E-state index contributed by atoms with van der Waals surface area (Å²) in [5.41, 5.74) is 3.00. The van der Waals surface area contributed by atoms with Gasteiger partial charge in [0.2, 0.25) is 5.91 Å². The monoisotopic (exact) mass is 476 g/mol. The first kappa shape index (κ1) is 24.6. The molecule has 2 aromatic carbocycles. The van der Waals surface area contributed by atoms with Gasteiger partial charge in [0.05, 0.1) is 26.2 Å². The van der Waals surface area contributed by atoms with Gasteiger partial charge in [-0.25, -0.2) is 4.98 Å². The lowest BCUT2D eigenvalue weighted by Crippen LogP contribution is -2.34. The Hall–Kier alpha value is -3.48. The molecule has 0 atom stereocenters. The molecule has 1 heterocycles. The molecule has 1 aliphatic carbocycles. The molecule has 0 spiro atoms. The molecule has 4 rings (SSSR count). The first-order valence-electron chi connectivity index (χ1n) is 12.3. The van der Waals surface area contributed by atoms with Gasteiger partial charge in [0.1, 0.15) is 17.3 Å². The molecule has 0 bridgehead atoms. The Morgan fingerprint density at radius 1 is 1.03 bits per heavy atom. The third kappa shape index (κ3) is 6.15. The average molecular weight is 477 g/mol. The van der Waals surface area contributed by atoms with E-state index >= 15 is 0 Å². The highest BCUT2D eigenvalue weighted by atomic mass is 16.5. The highest BCUT2D eigenvalue weighted by molar-refractivity contribution is 5.93. The minimum Gasteiger partial charge on any atom is -0.497 e. The Morgan fingerprint density at radius 2 is 1.80 bits per heavy atom. The van der Waals surface area contributed by atoms with Crippen molar-refractivity contribution in [2.45, 2.75) is 38.1 Å². The lowest BCUT2D eigenvalue weighted by molar-refractivity contribution is -0.120. The van der Waals surface area contributed by atoms with Crippen LogP contribution in [-0.2, 0) is 11.2 Å². The molecular formula is C28H36N4O3. The fraction of sp³-hybridized carbons (Fsp3) is 0.429. The Balaban J connectivity index is 1.28. The molecule has 3 aromatic rings. The van der Waals surface area contributed by atoms with Crippen LogP contribution < -0.4 is 25.0 Å². The predicted molar refractivity (Wildman–Crippen MR) is 142 cm³/mol. The summed E-state index contributed by atoms with van der Waals surface area (Å²) < 4.78 is 10.7. The molecule has 7 heteroatoms. The van der Waals surface area contributed by atoms with Crippen LogP contribution in [0.3, 0.4) is 0 Å². The van der Waals surface area contributed by atoms with E-state index in [4.69, 9.17) is 14.5 Å². The summed E-state index contributed by atoms with van der Waals surface area (Å²) in [7, 11) is 7.36. The van der Waals surface area contributed by atoms with Gasteiger partial charge in [-0.05, 0) is 55.9 Å². The number of rotatable bonds is 9. The number of carbonyl (C=O) groups is 1. The number of hydrogen-bond donors (Lipinski definition) is 2. The summed E-state index contributed by atoms with van der Waals surface area (Å²) in [6.07, 6.45) is 4.56. The quantitative estimate of drug-likeness (QED) is 0.468. The van der Waals surface area contributed by atoms with Crippen molar-refractivity contribution in [2.24, 2.45) is 5.92 Å². The van der Waals surface area contributed by atoms with Crippen molar-refractivity contribution in [3.05, 3.63) is 54.1 Å². The van der Waals surface area contributed by atoms with Gasteiger partial charge in [0.15, 0.2) is 0 Å². The number of para-hydroxylation sites is 1. The van der Waals surface area contributed by atoms with Gasteiger partial charge in [0, 0.05) is 49.4 Å². The smallest absolute Gasteiger partial charge is 0.224 e. The van der Waals surface area contributed by atoms with E-state index in [1.54, 1.807) is 14.2 Å². The standard InChI is InChI=1S/C28H36N4O3/c1-32(2)25-17-27(31-24-8-6-5-7-23(24)25)30-21-11-9-19(10-12-21)18-29-28(33)16-20-15-22(34-3)13-14-26(20)35-4/h5-8,13-15,17,19,21H,9-12,16,18H2,1-4H3,(H,29,33)(H,30,31)/t19-,21+. The second kappa shape index (κ2) is 11.3. The van der Waals surface area contributed by atoms with Gasteiger partial charge in [0.25, 0.3) is 0 Å². The second-order valence-corrected chi connectivity index (χ2v) is 9.46. The lowest BCUT2D eigenvalue weighted by Gasteiger charge is -2.30. The van der Waals surface area contributed by atoms with E-state index in [2.05, 4.69) is 53.9 Å². The fourth-order valence-electron chi connectivity index (χ4n) is 4.83. The van der Waals surface area contributed by atoms with E-state index in [1.807, 2.05) is 24.3 Å². The SMILES string of the molecule is COc1ccc(OC)c(CC(=O)NC[C@H]2CC[C@@H](Nc3cc(N(C)C)c4ccccc4n3)CC2)c1. The zero-order chi connectivity index (χ0) is 24.8. The molecule has 0 unspecified atom stereocenters. The summed E-state index contributed by atoms with van der Waals surface area (Å²) in [5, 5.41) is 7.94. The summed E-state index contributed by atoms with van der Waals surface area (Å²) >= 11 is 0. The van der Waals surface area contributed by atoms with Crippen molar-refractivity contribution >= 4 is 28.3 Å². The molecule has 0 saturated heterocycles. The third-order valence-electron chi connectivity index (χ3n) is 6.80. The number of ether oxygens (including phenoxy) is 2. The molecule has 186 valence electrons. The molecule has 0 radical (unpaired) electrons. The maximum Gasteiger partial charge on any atom is 0.224 e. The molecule has 7 nitrogen and oxygen atoms in total. The molecule has 1 aromatic heterocycles. The number of nitrogens with one attached hydrogen (secondary N) is 2. The van der Waals surface area contributed by atoms with Crippen LogP contribution in [0.5, 0.6) is 11.5 Å². The molecule has 1 saturated carbocycles. The van der Waals surface area contributed by atoms with Gasteiger partial charge in [-0.3, -0.25) is 4.79 Å². The fourth-order valence-corrected chi connectivity index (χ4v) is 4.83. The van der Waals surface area contributed by atoms with Crippen LogP contribution in [0.15, 0.2) is 48.5 Å². The van der Waals surface area contributed by atoms with Crippen LogP contribution in [0.25, 0.3) is 10.9 Å². The number of methoxy groups -OCH3 is 2. The molecule has 1 aliphatic rings. The van der Waals surface area contributed by atoms with Crippen molar-refractivity contribution in [2.75, 3.05) is 45.1 Å². The van der Waals surface area contributed by atoms with E-state index in [1.165, 1.54) is 5.69 Å².